The maximum absolute atomic E-state index is 14.2. The lowest BCUT2D eigenvalue weighted by atomic mass is 9.35. The van der Waals surface area contributed by atoms with Crippen molar-refractivity contribution < 1.29 is 34.4 Å². The maximum Gasteiger partial charge on any atom is 0.355 e. The molecule has 4 bridgehead atoms. The van der Waals surface area contributed by atoms with Crippen molar-refractivity contribution in [1.29, 1.82) is 0 Å². The van der Waals surface area contributed by atoms with Crippen LogP contribution in [0.25, 0.3) is 10.9 Å². The maximum atomic E-state index is 14.2. The van der Waals surface area contributed by atoms with Gasteiger partial charge in [0.2, 0.25) is 5.79 Å². The van der Waals surface area contributed by atoms with E-state index in [2.05, 4.69) is 27.5 Å². The molecule has 0 amide bonds. The highest BCUT2D eigenvalue weighted by molar-refractivity contribution is 9.10. The van der Waals surface area contributed by atoms with Crippen LogP contribution in [0.2, 0.25) is 0 Å². The van der Waals surface area contributed by atoms with Gasteiger partial charge in [0.05, 0.1) is 12.7 Å². The minimum Gasteiger partial charge on any atom is -0.456 e. The molecular weight excluding hydrogens is 554 g/mol. The molecule has 4 aliphatic carbocycles. The number of ketones is 1. The van der Waals surface area contributed by atoms with Crippen LogP contribution in [0, 0.1) is 34.0 Å². The molecule has 2 aliphatic heterocycles. The standard InChI is InChI=1S/C29H32BrNO7/c1-13-16-6-7-19-27-12-37-29(36,23(34)21(27)26(2,3)9-8-20(27)32)28(19,22(13)33)24(16)38-25(35)18-10-14-4-5-15(30)11-17(14)31-18/h4-5,10-11,16,19-21,23-24,31-32,34,36H,1,6-9,12H2,2-3H3/t16-,19-,20-,21+,23-,24+,27+,28-,29+/m0/s1. The zero-order valence-electron chi connectivity index (χ0n) is 21.4. The van der Waals surface area contributed by atoms with Crippen LogP contribution in [0.1, 0.15) is 50.0 Å². The Hall–Kier alpha value is -2.04. The number of aliphatic hydroxyl groups is 3. The van der Waals surface area contributed by atoms with Crippen molar-refractivity contribution in [1.82, 2.24) is 4.98 Å². The third-order valence-electron chi connectivity index (χ3n) is 10.9. The van der Waals surface area contributed by atoms with Crippen LogP contribution in [0.5, 0.6) is 0 Å². The van der Waals surface area contributed by atoms with Gasteiger partial charge in [-0.05, 0) is 60.8 Å². The molecule has 38 heavy (non-hydrogen) atoms. The van der Waals surface area contributed by atoms with Gasteiger partial charge in [-0.3, -0.25) is 4.79 Å². The van der Waals surface area contributed by atoms with E-state index < -0.39 is 69.9 Å². The van der Waals surface area contributed by atoms with Crippen LogP contribution in [-0.4, -0.2) is 62.8 Å². The number of carbonyl (C=O) groups excluding carboxylic acids is 2. The van der Waals surface area contributed by atoms with Crippen LogP contribution >= 0.6 is 15.9 Å². The molecule has 4 saturated carbocycles. The quantitative estimate of drug-likeness (QED) is 0.313. The zero-order valence-corrected chi connectivity index (χ0v) is 23.0. The molecule has 4 N–H and O–H groups in total. The Labute approximate surface area is 228 Å². The van der Waals surface area contributed by atoms with Gasteiger partial charge in [0.1, 0.15) is 23.3 Å². The van der Waals surface area contributed by atoms with E-state index >= 15 is 0 Å². The first-order chi connectivity index (χ1) is 17.9. The summed E-state index contributed by atoms with van der Waals surface area (Å²) in [4.78, 5) is 30.9. The molecular formula is C29H32BrNO7. The van der Waals surface area contributed by atoms with E-state index in [4.69, 9.17) is 9.47 Å². The van der Waals surface area contributed by atoms with Crippen molar-refractivity contribution in [2.24, 2.45) is 34.0 Å². The van der Waals surface area contributed by atoms with E-state index in [1.165, 1.54) is 0 Å². The molecule has 0 unspecified atom stereocenters. The second-order valence-electron chi connectivity index (χ2n) is 12.8. The first kappa shape index (κ1) is 25.0. The number of fused-ring (bicyclic) bond motifs is 3. The molecule has 3 heterocycles. The van der Waals surface area contributed by atoms with Crippen LogP contribution in [0.4, 0.5) is 0 Å². The highest BCUT2D eigenvalue weighted by Gasteiger charge is 2.87. The van der Waals surface area contributed by atoms with Gasteiger partial charge in [0.25, 0.3) is 0 Å². The molecule has 9 heteroatoms. The molecule has 8 nitrogen and oxygen atoms in total. The molecule has 2 saturated heterocycles. The Kier molecular flexibility index (Phi) is 4.98. The number of Topliss-reactive ketones (excluding diaryl/α,β-unsaturated/α-hetero) is 1. The number of rotatable bonds is 2. The normalized spacial score (nSPS) is 44.7. The number of hydrogen-bond donors (Lipinski definition) is 4. The number of aromatic amines is 1. The third kappa shape index (κ3) is 2.65. The van der Waals surface area contributed by atoms with Crippen molar-refractivity contribution in [2.45, 2.75) is 63.6 Å². The zero-order chi connectivity index (χ0) is 27.0. The number of H-pyrrole nitrogens is 1. The molecule has 6 aliphatic rings. The predicted molar refractivity (Wildman–Crippen MR) is 140 cm³/mol. The highest BCUT2D eigenvalue weighted by atomic mass is 79.9. The lowest BCUT2D eigenvalue weighted by Gasteiger charge is -2.74. The summed E-state index contributed by atoms with van der Waals surface area (Å²) in [7, 11) is 0. The summed E-state index contributed by atoms with van der Waals surface area (Å²) in [6.45, 7) is 8.17. The highest BCUT2D eigenvalue weighted by Crippen LogP contribution is 2.76. The summed E-state index contributed by atoms with van der Waals surface area (Å²) in [6, 6.07) is 7.29. The van der Waals surface area contributed by atoms with Crippen LogP contribution < -0.4 is 0 Å². The molecule has 1 aromatic carbocycles. The topological polar surface area (TPSA) is 129 Å². The largest absolute Gasteiger partial charge is 0.456 e. The number of hydrogen-bond acceptors (Lipinski definition) is 7. The van der Waals surface area contributed by atoms with Crippen molar-refractivity contribution >= 4 is 38.6 Å². The Morgan fingerprint density at radius 3 is 2.74 bits per heavy atom. The number of aromatic nitrogens is 1. The second kappa shape index (κ2) is 7.57. The van der Waals surface area contributed by atoms with Crippen LogP contribution in [-0.2, 0) is 14.3 Å². The van der Waals surface area contributed by atoms with Gasteiger partial charge < -0.3 is 29.8 Å². The van der Waals surface area contributed by atoms with Crippen molar-refractivity contribution in [2.75, 3.05) is 6.61 Å². The van der Waals surface area contributed by atoms with E-state index in [0.717, 1.165) is 15.4 Å². The van der Waals surface area contributed by atoms with Crippen LogP contribution in [0.15, 0.2) is 40.9 Å². The summed E-state index contributed by atoms with van der Waals surface area (Å²) in [5.74, 6) is -4.91. The van der Waals surface area contributed by atoms with Gasteiger partial charge in [0, 0.05) is 32.6 Å². The Morgan fingerprint density at radius 1 is 1.21 bits per heavy atom. The molecule has 9 atom stereocenters. The molecule has 2 spiro atoms. The Morgan fingerprint density at radius 2 is 1.97 bits per heavy atom. The number of aliphatic hydroxyl groups excluding tert-OH is 2. The fourth-order valence-electron chi connectivity index (χ4n) is 9.43. The fourth-order valence-corrected chi connectivity index (χ4v) is 9.79. The molecule has 0 radical (unpaired) electrons. The molecule has 6 fully saturated rings. The second-order valence-corrected chi connectivity index (χ2v) is 13.7. The number of nitrogens with one attached hydrogen (secondary N) is 1. The summed E-state index contributed by atoms with van der Waals surface area (Å²) in [6.07, 6.45) is -1.12. The summed E-state index contributed by atoms with van der Waals surface area (Å²) in [5.41, 5.74) is -1.87. The average Bonchev–Trinajstić information content (AvgIpc) is 3.34. The van der Waals surface area contributed by atoms with Gasteiger partial charge in [-0.15, -0.1) is 0 Å². The molecule has 202 valence electrons. The minimum absolute atomic E-state index is 0.0320. The number of ether oxygens (including phenoxy) is 2. The van der Waals surface area contributed by atoms with E-state index in [-0.39, 0.29) is 17.9 Å². The third-order valence-corrected chi connectivity index (χ3v) is 11.4. The average molecular weight is 586 g/mol. The molecule has 2 aromatic rings. The van der Waals surface area contributed by atoms with E-state index in [1.807, 2.05) is 32.0 Å². The summed E-state index contributed by atoms with van der Waals surface area (Å²) < 4.78 is 13.1. The first-order valence-corrected chi connectivity index (χ1v) is 14.1. The monoisotopic (exact) mass is 585 g/mol. The lowest BCUT2D eigenvalue weighted by molar-refractivity contribution is -0.457. The van der Waals surface area contributed by atoms with Crippen LogP contribution in [0.3, 0.4) is 0 Å². The lowest BCUT2D eigenvalue weighted by Crippen LogP contribution is -2.85. The fraction of sp³-hybridized carbons (Fsp3) is 0.586. The van der Waals surface area contributed by atoms with Gasteiger partial charge in [0.15, 0.2) is 5.78 Å². The smallest absolute Gasteiger partial charge is 0.355 e. The predicted octanol–water partition coefficient (Wildman–Crippen LogP) is 3.48. The molecule has 1 aromatic heterocycles. The number of esters is 1. The van der Waals surface area contributed by atoms with Gasteiger partial charge in [-0.25, -0.2) is 4.79 Å². The first-order valence-electron chi connectivity index (χ1n) is 13.3. The number of carbonyl (C=O) groups is 2. The Balaban J connectivity index is 1.37. The minimum atomic E-state index is -2.27. The van der Waals surface area contributed by atoms with Crippen molar-refractivity contribution in [3.8, 4) is 0 Å². The van der Waals surface area contributed by atoms with Crippen molar-refractivity contribution in [3.05, 3.63) is 46.6 Å². The van der Waals surface area contributed by atoms with Gasteiger partial charge in [-0.1, -0.05) is 42.4 Å². The number of benzene rings is 1. The summed E-state index contributed by atoms with van der Waals surface area (Å²) in [5, 5.41) is 36.5. The van der Waals surface area contributed by atoms with Crippen molar-refractivity contribution in [3.63, 3.8) is 0 Å². The Bertz CT molecular complexity index is 1420. The SMILES string of the molecule is C=C1C(=O)[C@]23[C@H](OC(=O)c4cc5ccc(Br)cc5[nH]4)[C@H]1CC[C@H]2[C@@]12CO[C@]3(O)[C@@H](O)[C@@H]1C(C)(C)CC[C@@H]2O. The molecule has 8 rings (SSSR count). The van der Waals surface area contributed by atoms with Gasteiger partial charge >= 0.3 is 5.97 Å². The summed E-state index contributed by atoms with van der Waals surface area (Å²) >= 11 is 3.43. The number of halogens is 1. The van der Waals surface area contributed by atoms with E-state index in [9.17, 15) is 24.9 Å². The van der Waals surface area contributed by atoms with E-state index in [0.29, 0.717) is 25.7 Å². The van der Waals surface area contributed by atoms with Gasteiger partial charge in [-0.2, -0.15) is 0 Å². The van der Waals surface area contributed by atoms with E-state index in [1.54, 1.807) is 6.07 Å².